The molecule has 0 radical (unpaired) electrons. The fourth-order valence-electron chi connectivity index (χ4n) is 1.29. The number of hydrogen-bond acceptors (Lipinski definition) is 3. The van der Waals surface area contributed by atoms with E-state index in [-0.39, 0.29) is 0 Å². The number of benzene rings is 1. The highest BCUT2D eigenvalue weighted by Gasteiger charge is 1.98. The van der Waals surface area contributed by atoms with E-state index >= 15 is 0 Å². The maximum absolute atomic E-state index is 5.81. The van der Waals surface area contributed by atoms with Crippen molar-refractivity contribution < 1.29 is 0 Å². The third-order valence-electron chi connectivity index (χ3n) is 2.13. The van der Waals surface area contributed by atoms with Crippen LogP contribution in [0.1, 0.15) is 5.56 Å². The first-order valence-corrected chi connectivity index (χ1v) is 4.80. The highest BCUT2D eigenvalue weighted by molar-refractivity contribution is 5.70. The first kappa shape index (κ1) is 9.52. The van der Waals surface area contributed by atoms with E-state index in [0.29, 0.717) is 0 Å². The Bertz CT molecular complexity index is 449. The van der Waals surface area contributed by atoms with E-state index in [2.05, 4.69) is 10.3 Å². The molecule has 0 amide bonds. The first-order chi connectivity index (χ1) is 7.25. The van der Waals surface area contributed by atoms with E-state index in [1.54, 1.807) is 0 Å². The molecular formula is C12H13N3. The largest absolute Gasteiger partial charge is 0.397 e. The number of nitrogens with two attached hydrogens (primary N) is 1. The van der Waals surface area contributed by atoms with Crippen molar-refractivity contribution in [1.82, 2.24) is 4.98 Å². The van der Waals surface area contributed by atoms with Crippen molar-refractivity contribution in [3.05, 3.63) is 48.2 Å². The minimum atomic E-state index is 0.722. The molecular weight excluding hydrogens is 186 g/mol. The summed E-state index contributed by atoms with van der Waals surface area (Å²) < 4.78 is 0. The van der Waals surface area contributed by atoms with Crippen LogP contribution in [0.5, 0.6) is 0 Å². The molecule has 0 aliphatic heterocycles. The Kier molecular flexibility index (Phi) is 2.54. The van der Waals surface area contributed by atoms with E-state index in [9.17, 15) is 0 Å². The normalized spacial score (nSPS) is 9.93. The van der Waals surface area contributed by atoms with Crippen molar-refractivity contribution in [2.24, 2.45) is 0 Å². The average Bonchev–Trinajstić information content (AvgIpc) is 2.25. The number of hydrogen-bond donors (Lipinski definition) is 2. The van der Waals surface area contributed by atoms with Gasteiger partial charge in [-0.1, -0.05) is 18.2 Å². The number of para-hydroxylation sites is 2. The summed E-state index contributed by atoms with van der Waals surface area (Å²) >= 11 is 0. The Labute approximate surface area is 89.0 Å². The lowest BCUT2D eigenvalue weighted by Gasteiger charge is -2.07. The zero-order chi connectivity index (χ0) is 10.7. The second-order valence-corrected chi connectivity index (χ2v) is 3.43. The molecule has 2 aromatic rings. The molecule has 76 valence electrons. The maximum atomic E-state index is 5.81. The Morgan fingerprint density at radius 3 is 2.60 bits per heavy atom. The highest BCUT2D eigenvalue weighted by atomic mass is 15.0. The summed E-state index contributed by atoms with van der Waals surface area (Å²) in [7, 11) is 0. The van der Waals surface area contributed by atoms with Gasteiger partial charge in [-0.15, -0.1) is 0 Å². The zero-order valence-electron chi connectivity index (χ0n) is 8.57. The zero-order valence-corrected chi connectivity index (χ0v) is 8.57. The number of nitrogen functional groups attached to an aromatic ring is 1. The minimum Gasteiger partial charge on any atom is -0.397 e. The van der Waals surface area contributed by atoms with Gasteiger partial charge < -0.3 is 11.1 Å². The molecule has 0 bridgehead atoms. The lowest BCUT2D eigenvalue weighted by molar-refractivity contribution is 1.26. The van der Waals surface area contributed by atoms with Crippen molar-refractivity contribution in [3.63, 3.8) is 0 Å². The summed E-state index contributed by atoms with van der Waals surface area (Å²) in [6, 6.07) is 11.6. The Balaban J connectivity index is 2.22. The molecule has 0 fully saturated rings. The van der Waals surface area contributed by atoms with Gasteiger partial charge in [-0.2, -0.15) is 0 Å². The molecule has 3 heteroatoms. The van der Waals surface area contributed by atoms with Crippen molar-refractivity contribution in [3.8, 4) is 0 Å². The summed E-state index contributed by atoms with van der Waals surface area (Å²) in [6.07, 6.45) is 1.82. The van der Waals surface area contributed by atoms with E-state index in [1.165, 1.54) is 0 Å². The summed E-state index contributed by atoms with van der Waals surface area (Å²) in [5.41, 5.74) is 8.55. The average molecular weight is 199 g/mol. The molecule has 3 N–H and O–H groups in total. The van der Waals surface area contributed by atoms with Crippen molar-refractivity contribution in [1.29, 1.82) is 0 Å². The predicted octanol–water partition coefficient (Wildman–Crippen LogP) is 2.72. The fourth-order valence-corrected chi connectivity index (χ4v) is 1.29. The van der Waals surface area contributed by atoms with Gasteiger partial charge >= 0.3 is 0 Å². The fraction of sp³-hybridized carbons (Fsp3) is 0.0833. The SMILES string of the molecule is Cc1ccc(Nc2ccccc2N)nc1. The highest BCUT2D eigenvalue weighted by Crippen LogP contribution is 2.20. The summed E-state index contributed by atoms with van der Waals surface area (Å²) in [4.78, 5) is 4.25. The molecule has 0 atom stereocenters. The Hall–Kier alpha value is -2.03. The molecule has 1 aromatic heterocycles. The third kappa shape index (κ3) is 2.26. The summed E-state index contributed by atoms with van der Waals surface area (Å²) in [6.45, 7) is 2.01. The molecule has 1 heterocycles. The van der Waals surface area contributed by atoms with Gasteiger partial charge in [0.1, 0.15) is 5.82 Å². The van der Waals surface area contributed by atoms with Crippen molar-refractivity contribution >= 4 is 17.2 Å². The molecule has 1 aromatic carbocycles. The van der Waals surface area contributed by atoms with Gasteiger partial charge in [-0.25, -0.2) is 4.98 Å². The molecule has 15 heavy (non-hydrogen) atoms. The molecule has 3 nitrogen and oxygen atoms in total. The number of aromatic nitrogens is 1. The Morgan fingerprint density at radius 2 is 1.93 bits per heavy atom. The maximum Gasteiger partial charge on any atom is 0.130 e. The molecule has 2 rings (SSSR count). The quantitative estimate of drug-likeness (QED) is 0.731. The summed E-state index contributed by atoms with van der Waals surface area (Å²) in [5, 5.41) is 3.16. The van der Waals surface area contributed by atoms with Gasteiger partial charge in [0.15, 0.2) is 0 Å². The van der Waals surface area contributed by atoms with E-state index in [0.717, 1.165) is 22.8 Å². The van der Waals surface area contributed by atoms with Crippen LogP contribution in [-0.2, 0) is 0 Å². The lowest BCUT2D eigenvalue weighted by Crippen LogP contribution is -1.97. The lowest BCUT2D eigenvalue weighted by atomic mass is 10.2. The molecule has 0 spiro atoms. The third-order valence-corrected chi connectivity index (χ3v) is 2.13. The van der Waals surface area contributed by atoms with Crippen LogP contribution < -0.4 is 11.1 Å². The van der Waals surface area contributed by atoms with Crippen LogP contribution in [0, 0.1) is 6.92 Å². The van der Waals surface area contributed by atoms with Crippen LogP contribution in [0.3, 0.4) is 0 Å². The molecule has 0 aliphatic carbocycles. The van der Waals surface area contributed by atoms with E-state index in [1.807, 2.05) is 49.5 Å². The smallest absolute Gasteiger partial charge is 0.130 e. The van der Waals surface area contributed by atoms with Gasteiger partial charge in [0.25, 0.3) is 0 Å². The van der Waals surface area contributed by atoms with Crippen LogP contribution in [-0.4, -0.2) is 4.98 Å². The van der Waals surface area contributed by atoms with Crippen LogP contribution in [0.25, 0.3) is 0 Å². The van der Waals surface area contributed by atoms with Crippen molar-refractivity contribution in [2.45, 2.75) is 6.92 Å². The standard InChI is InChI=1S/C12H13N3/c1-9-6-7-12(14-8-9)15-11-5-3-2-4-10(11)13/h2-8H,13H2,1H3,(H,14,15). The van der Waals surface area contributed by atoms with Gasteiger partial charge in [0.05, 0.1) is 11.4 Å². The monoisotopic (exact) mass is 199 g/mol. The number of anilines is 3. The number of rotatable bonds is 2. The van der Waals surface area contributed by atoms with Crippen LogP contribution in [0.4, 0.5) is 17.2 Å². The molecule has 0 saturated carbocycles. The van der Waals surface area contributed by atoms with Crippen molar-refractivity contribution in [2.75, 3.05) is 11.1 Å². The van der Waals surface area contributed by atoms with Crippen LogP contribution >= 0.6 is 0 Å². The molecule has 0 saturated heterocycles. The van der Waals surface area contributed by atoms with Crippen LogP contribution in [0.2, 0.25) is 0 Å². The Morgan fingerprint density at radius 1 is 1.13 bits per heavy atom. The minimum absolute atomic E-state index is 0.722. The number of nitrogens with one attached hydrogen (secondary N) is 1. The number of nitrogens with zero attached hydrogens (tertiary/aromatic N) is 1. The molecule has 0 unspecified atom stereocenters. The van der Waals surface area contributed by atoms with E-state index in [4.69, 9.17) is 5.73 Å². The van der Waals surface area contributed by atoms with E-state index < -0.39 is 0 Å². The number of aryl methyl sites for hydroxylation is 1. The second kappa shape index (κ2) is 4.00. The molecule has 0 aliphatic rings. The van der Waals surface area contributed by atoms with Gasteiger partial charge in [0, 0.05) is 6.20 Å². The van der Waals surface area contributed by atoms with Crippen LogP contribution in [0.15, 0.2) is 42.6 Å². The van der Waals surface area contributed by atoms with Gasteiger partial charge in [-0.3, -0.25) is 0 Å². The van der Waals surface area contributed by atoms with Gasteiger partial charge in [-0.05, 0) is 30.7 Å². The van der Waals surface area contributed by atoms with Gasteiger partial charge in [0.2, 0.25) is 0 Å². The summed E-state index contributed by atoms with van der Waals surface area (Å²) in [5.74, 6) is 0.804. The number of pyridine rings is 1. The topological polar surface area (TPSA) is 50.9 Å². The first-order valence-electron chi connectivity index (χ1n) is 4.80. The predicted molar refractivity (Wildman–Crippen MR) is 63.1 cm³/mol. The second-order valence-electron chi connectivity index (χ2n) is 3.43.